The van der Waals surface area contributed by atoms with Crippen LogP contribution in [0.25, 0.3) is 0 Å². The molecular weight excluding hydrogens is 311 g/mol. The Morgan fingerprint density at radius 1 is 1.32 bits per heavy atom. The Bertz CT molecular complexity index is 541. The maximum Gasteiger partial charge on any atom is 0.128 e. The standard InChI is InChI=1S/C13H16BrFN4/c14-11-4-5-13(15)10(7-11)8-19-9-12(17-18-19)3-1-2-6-16/h4-5,7,9H,1-3,6,8,16H2. The Morgan fingerprint density at radius 2 is 2.16 bits per heavy atom. The second-order valence-corrected chi connectivity index (χ2v) is 5.30. The Kier molecular flexibility index (Phi) is 5.04. The zero-order chi connectivity index (χ0) is 13.7. The van der Waals surface area contributed by atoms with Gasteiger partial charge in [-0.15, -0.1) is 5.10 Å². The van der Waals surface area contributed by atoms with Crippen molar-refractivity contribution in [1.82, 2.24) is 15.0 Å². The predicted octanol–water partition coefficient (Wildman–Crippen LogP) is 2.51. The lowest BCUT2D eigenvalue weighted by Crippen LogP contribution is -2.02. The molecule has 2 aromatic rings. The smallest absolute Gasteiger partial charge is 0.128 e. The Morgan fingerprint density at radius 3 is 2.95 bits per heavy atom. The third-order valence-electron chi connectivity index (χ3n) is 2.81. The first-order chi connectivity index (χ1) is 9.19. The predicted molar refractivity (Wildman–Crippen MR) is 75.2 cm³/mol. The second-order valence-electron chi connectivity index (χ2n) is 4.39. The summed E-state index contributed by atoms with van der Waals surface area (Å²) >= 11 is 3.33. The van der Waals surface area contributed by atoms with Crippen LogP contribution in [0.5, 0.6) is 0 Å². The SMILES string of the molecule is NCCCCc1cn(Cc2cc(Br)ccc2F)nn1. The summed E-state index contributed by atoms with van der Waals surface area (Å²) in [6.07, 6.45) is 4.70. The van der Waals surface area contributed by atoms with E-state index >= 15 is 0 Å². The van der Waals surface area contributed by atoms with Crippen molar-refractivity contribution < 1.29 is 4.39 Å². The topological polar surface area (TPSA) is 56.7 Å². The second kappa shape index (κ2) is 6.77. The molecule has 0 unspecified atom stereocenters. The van der Waals surface area contributed by atoms with E-state index in [2.05, 4.69) is 26.2 Å². The maximum atomic E-state index is 13.6. The normalized spacial score (nSPS) is 10.9. The van der Waals surface area contributed by atoms with Gasteiger partial charge in [-0.2, -0.15) is 0 Å². The quantitative estimate of drug-likeness (QED) is 0.830. The molecule has 0 atom stereocenters. The van der Waals surface area contributed by atoms with E-state index in [9.17, 15) is 4.39 Å². The van der Waals surface area contributed by atoms with Gasteiger partial charge in [0.1, 0.15) is 5.82 Å². The summed E-state index contributed by atoms with van der Waals surface area (Å²) < 4.78 is 16.1. The van der Waals surface area contributed by atoms with E-state index in [0.717, 1.165) is 29.4 Å². The lowest BCUT2D eigenvalue weighted by molar-refractivity contribution is 0.576. The number of benzene rings is 1. The van der Waals surface area contributed by atoms with E-state index in [1.54, 1.807) is 16.8 Å². The molecule has 0 aliphatic heterocycles. The van der Waals surface area contributed by atoms with Gasteiger partial charge in [0.15, 0.2) is 0 Å². The number of aryl methyl sites for hydroxylation is 1. The van der Waals surface area contributed by atoms with Crippen molar-refractivity contribution >= 4 is 15.9 Å². The molecule has 0 spiro atoms. The van der Waals surface area contributed by atoms with E-state index < -0.39 is 0 Å². The van der Waals surface area contributed by atoms with Crippen LogP contribution in [0.1, 0.15) is 24.1 Å². The highest BCUT2D eigenvalue weighted by Gasteiger charge is 2.06. The highest BCUT2D eigenvalue weighted by molar-refractivity contribution is 9.10. The first-order valence-corrected chi connectivity index (χ1v) is 7.01. The highest BCUT2D eigenvalue weighted by Crippen LogP contribution is 2.16. The van der Waals surface area contributed by atoms with Gasteiger partial charge in [0.25, 0.3) is 0 Å². The van der Waals surface area contributed by atoms with Crippen LogP contribution in [0.2, 0.25) is 0 Å². The molecule has 19 heavy (non-hydrogen) atoms. The van der Waals surface area contributed by atoms with Crippen molar-refractivity contribution in [1.29, 1.82) is 0 Å². The Labute approximate surface area is 119 Å². The van der Waals surface area contributed by atoms with Crippen molar-refractivity contribution in [2.24, 2.45) is 5.73 Å². The maximum absolute atomic E-state index is 13.6. The van der Waals surface area contributed by atoms with E-state index in [0.29, 0.717) is 18.7 Å². The molecule has 0 fully saturated rings. The minimum atomic E-state index is -0.233. The number of aromatic nitrogens is 3. The third kappa shape index (κ3) is 4.11. The van der Waals surface area contributed by atoms with Crippen LogP contribution < -0.4 is 5.73 Å². The average molecular weight is 327 g/mol. The van der Waals surface area contributed by atoms with Crippen molar-refractivity contribution in [3.05, 3.63) is 45.9 Å². The van der Waals surface area contributed by atoms with Gasteiger partial charge in [-0.05, 0) is 44.0 Å². The van der Waals surface area contributed by atoms with E-state index in [4.69, 9.17) is 5.73 Å². The minimum absolute atomic E-state index is 0.233. The number of hydrogen-bond donors (Lipinski definition) is 1. The largest absolute Gasteiger partial charge is 0.330 e. The molecule has 0 aliphatic rings. The fraction of sp³-hybridized carbons (Fsp3) is 0.385. The first kappa shape index (κ1) is 14.1. The Balaban J connectivity index is 2.01. The first-order valence-electron chi connectivity index (χ1n) is 6.22. The monoisotopic (exact) mass is 326 g/mol. The molecule has 1 aromatic carbocycles. The molecule has 2 rings (SSSR count). The van der Waals surface area contributed by atoms with E-state index in [-0.39, 0.29) is 5.82 Å². The molecule has 102 valence electrons. The summed E-state index contributed by atoms with van der Waals surface area (Å²) in [7, 11) is 0. The van der Waals surface area contributed by atoms with Crippen LogP contribution in [0.3, 0.4) is 0 Å². The number of unbranched alkanes of at least 4 members (excludes halogenated alkanes) is 1. The molecule has 1 aromatic heterocycles. The molecule has 4 nitrogen and oxygen atoms in total. The average Bonchev–Trinajstić information content (AvgIpc) is 2.82. The fourth-order valence-corrected chi connectivity index (χ4v) is 2.23. The number of rotatable bonds is 6. The van der Waals surface area contributed by atoms with Gasteiger partial charge >= 0.3 is 0 Å². The summed E-state index contributed by atoms with van der Waals surface area (Å²) in [5.74, 6) is -0.233. The molecule has 0 saturated carbocycles. The van der Waals surface area contributed by atoms with Gasteiger partial charge in [-0.25, -0.2) is 9.07 Å². The highest BCUT2D eigenvalue weighted by atomic mass is 79.9. The van der Waals surface area contributed by atoms with Crippen LogP contribution in [0.4, 0.5) is 4.39 Å². The number of hydrogen-bond acceptors (Lipinski definition) is 3. The van der Waals surface area contributed by atoms with Gasteiger partial charge in [-0.1, -0.05) is 21.1 Å². The van der Waals surface area contributed by atoms with Gasteiger partial charge < -0.3 is 5.73 Å². The lowest BCUT2D eigenvalue weighted by atomic mass is 10.2. The molecule has 0 radical (unpaired) electrons. The molecule has 0 aliphatic carbocycles. The fourth-order valence-electron chi connectivity index (χ4n) is 1.82. The van der Waals surface area contributed by atoms with Crippen LogP contribution in [0.15, 0.2) is 28.9 Å². The molecule has 0 saturated heterocycles. The zero-order valence-corrected chi connectivity index (χ0v) is 12.1. The summed E-state index contributed by atoms with van der Waals surface area (Å²) in [5, 5.41) is 8.09. The minimum Gasteiger partial charge on any atom is -0.330 e. The van der Waals surface area contributed by atoms with Crippen LogP contribution in [0, 0.1) is 5.82 Å². The van der Waals surface area contributed by atoms with Crippen molar-refractivity contribution in [2.75, 3.05) is 6.54 Å². The molecule has 0 bridgehead atoms. The summed E-state index contributed by atoms with van der Waals surface area (Å²) in [6.45, 7) is 1.08. The van der Waals surface area contributed by atoms with Crippen LogP contribution in [-0.4, -0.2) is 21.5 Å². The van der Waals surface area contributed by atoms with Crippen molar-refractivity contribution in [3.63, 3.8) is 0 Å². The van der Waals surface area contributed by atoms with Gasteiger partial charge in [0, 0.05) is 16.2 Å². The van der Waals surface area contributed by atoms with E-state index in [1.807, 2.05) is 6.20 Å². The molecular formula is C13H16BrFN4. The Hall–Kier alpha value is -1.27. The number of halogens is 2. The van der Waals surface area contributed by atoms with Crippen molar-refractivity contribution in [2.45, 2.75) is 25.8 Å². The van der Waals surface area contributed by atoms with Crippen LogP contribution >= 0.6 is 15.9 Å². The summed E-state index contributed by atoms with van der Waals surface area (Å²) in [6, 6.07) is 4.88. The van der Waals surface area contributed by atoms with Crippen LogP contribution in [-0.2, 0) is 13.0 Å². The van der Waals surface area contributed by atoms with Gasteiger partial charge in [0.05, 0.1) is 12.2 Å². The summed E-state index contributed by atoms with van der Waals surface area (Å²) in [5.41, 5.74) is 6.95. The third-order valence-corrected chi connectivity index (χ3v) is 3.31. The molecule has 6 heteroatoms. The number of nitrogens with zero attached hydrogens (tertiary/aromatic N) is 3. The molecule has 0 amide bonds. The van der Waals surface area contributed by atoms with Crippen molar-refractivity contribution in [3.8, 4) is 0 Å². The molecule has 2 N–H and O–H groups in total. The molecule has 1 heterocycles. The number of nitrogens with two attached hydrogens (primary N) is 1. The van der Waals surface area contributed by atoms with E-state index in [1.165, 1.54) is 6.07 Å². The van der Waals surface area contributed by atoms with Gasteiger partial charge in [-0.3, -0.25) is 0 Å². The van der Waals surface area contributed by atoms with Gasteiger partial charge in [0.2, 0.25) is 0 Å². The zero-order valence-electron chi connectivity index (χ0n) is 10.5. The lowest BCUT2D eigenvalue weighted by Gasteiger charge is -2.03. The summed E-state index contributed by atoms with van der Waals surface area (Å²) in [4.78, 5) is 0.